The number of rotatable bonds is 12. The van der Waals surface area contributed by atoms with Crippen LogP contribution in [0.4, 0.5) is 0 Å². The van der Waals surface area contributed by atoms with Gasteiger partial charge < -0.3 is 20.7 Å². The number of hydrogen-bond donors (Lipinski definition) is 3. The number of benzene rings is 3. The van der Waals surface area contributed by atoms with E-state index < -0.39 is 11.5 Å². The third kappa shape index (κ3) is 8.22. The van der Waals surface area contributed by atoms with E-state index in [-0.39, 0.29) is 6.61 Å². The Morgan fingerprint density at radius 1 is 1.06 bits per heavy atom. The van der Waals surface area contributed by atoms with Gasteiger partial charge in [-0.3, -0.25) is 0 Å². The maximum atomic E-state index is 10.7. The summed E-state index contributed by atoms with van der Waals surface area (Å²) >= 11 is 8.13. The zero-order chi connectivity index (χ0) is 24.4. The van der Waals surface area contributed by atoms with Gasteiger partial charge in [-0.1, -0.05) is 71.9 Å². The van der Waals surface area contributed by atoms with Gasteiger partial charge in [-0.2, -0.15) is 0 Å². The molecule has 0 heterocycles. The fraction of sp³-hybridized carbons (Fsp3) is 0.222. The standard InChI is InChI=1S/C27H28ClNO4S/c28-25-17-24(12-11-21(25)8-5-14-27(29,19-30)15-13-26(31)32)34-23-10-4-9-22(16-23)33-18-20-6-2-1-3-7-20/h1-4,6-7,9-13,15-17,30H,5,8,14,18-19,29H2,(H,31,32). The van der Waals surface area contributed by atoms with Crippen LogP contribution in [0.3, 0.4) is 0 Å². The van der Waals surface area contributed by atoms with E-state index in [0.29, 0.717) is 30.9 Å². The molecule has 178 valence electrons. The molecule has 0 aromatic heterocycles. The van der Waals surface area contributed by atoms with E-state index >= 15 is 0 Å². The molecule has 5 nitrogen and oxygen atoms in total. The van der Waals surface area contributed by atoms with Crippen molar-refractivity contribution in [3.05, 3.63) is 101 Å². The summed E-state index contributed by atoms with van der Waals surface area (Å²) in [5, 5.41) is 19.0. The van der Waals surface area contributed by atoms with E-state index in [1.165, 1.54) is 6.08 Å². The molecule has 0 saturated carbocycles. The summed E-state index contributed by atoms with van der Waals surface area (Å²) < 4.78 is 5.92. The number of ether oxygens (including phenoxy) is 1. The van der Waals surface area contributed by atoms with E-state index in [0.717, 1.165) is 32.7 Å². The van der Waals surface area contributed by atoms with Crippen molar-refractivity contribution in [2.75, 3.05) is 6.61 Å². The smallest absolute Gasteiger partial charge is 0.328 e. The highest BCUT2D eigenvalue weighted by Crippen LogP contribution is 2.33. The van der Waals surface area contributed by atoms with Crippen molar-refractivity contribution < 1.29 is 19.7 Å². The topological polar surface area (TPSA) is 92.8 Å². The fourth-order valence-electron chi connectivity index (χ4n) is 3.36. The second-order valence-corrected chi connectivity index (χ2v) is 9.57. The van der Waals surface area contributed by atoms with Crippen LogP contribution in [0.15, 0.2) is 94.7 Å². The van der Waals surface area contributed by atoms with Crippen LogP contribution < -0.4 is 10.5 Å². The van der Waals surface area contributed by atoms with Gasteiger partial charge >= 0.3 is 5.97 Å². The Morgan fingerprint density at radius 3 is 2.53 bits per heavy atom. The minimum absolute atomic E-state index is 0.325. The molecule has 34 heavy (non-hydrogen) atoms. The van der Waals surface area contributed by atoms with Gasteiger partial charge in [0.25, 0.3) is 0 Å². The largest absolute Gasteiger partial charge is 0.489 e. The first-order valence-electron chi connectivity index (χ1n) is 10.9. The average molecular weight is 498 g/mol. The molecular formula is C27H28ClNO4S. The minimum Gasteiger partial charge on any atom is -0.489 e. The first-order valence-corrected chi connectivity index (χ1v) is 12.1. The van der Waals surface area contributed by atoms with E-state index in [1.807, 2.05) is 72.8 Å². The van der Waals surface area contributed by atoms with Crippen molar-refractivity contribution in [1.29, 1.82) is 0 Å². The number of aryl methyl sites for hydroxylation is 1. The summed E-state index contributed by atoms with van der Waals surface area (Å²) in [5.74, 6) is -0.282. The van der Waals surface area contributed by atoms with Crippen LogP contribution in [-0.4, -0.2) is 28.3 Å². The number of hydrogen-bond acceptors (Lipinski definition) is 5. The molecule has 3 aromatic rings. The Hall–Kier alpha value is -2.77. The van der Waals surface area contributed by atoms with Gasteiger partial charge in [0.1, 0.15) is 12.4 Å². The zero-order valence-electron chi connectivity index (χ0n) is 18.7. The third-order valence-corrected chi connectivity index (χ3v) is 6.59. The zero-order valence-corrected chi connectivity index (χ0v) is 20.3. The Morgan fingerprint density at radius 2 is 1.82 bits per heavy atom. The quantitative estimate of drug-likeness (QED) is 0.277. The van der Waals surface area contributed by atoms with Gasteiger partial charge in [-0.05, 0) is 60.7 Å². The van der Waals surface area contributed by atoms with Crippen molar-refractivity contribution in [2.24, 2.45) is 5.73 Å². The molecular weight excluding hydrogens is 470 g/mol. The summed E-state index contributed by atoms with van der Waals surface area (Å²) in [6, 6.07) is 23.9. The monoisotopic (exact) mass is 497 g/mol. The molecule has 0 radical (unpaired) electrons. The molecule has 1 unspecified atom stereocenters. The van der Waals surface area contributed by atoms with Gasteiger partial charge in [-0.25, -0.2) is 4.79 Å². The first-order chi connectivity index (χ1) is 16.4. The van der Waals surface area contributed by atoms with Gasteiger partial charge in [0, 0.05) is 20.9 Å². The number of carboxylic acids is 1. The second kappa shape index (κ2) is 12.6. The van der Waals surface area contributed by atoms with Gasteiger partial charge in [0.2, 0.25) is 0 Å². The minimum atomic E-state index is -1.09. The van der Waals surface area contributed by atoms with Crippen molar-refractivity contribution in [3.8, 4) is 5.75 Å². The van der Waals surface area contributed by atoms with Crippen LogP contribution in [0.25, 0.3) is 0 Å². The molecule has 1 atom stereocenters. The van der Waals surface area contributed by atoms with Crippen LogP contribution in [0, 0.1) is 0 Å². The summed E-state index contributed by atoms with van der Waals surface area (Å²) in [5.41, 5.74) is 7.11. The molecule has 0 fully saturated rings. The highest BCUT2D eigenvalue weighted by molar-refractivity contribution is 7.99. The Kier molecular flexibility index (Phi) is 9.60. The number of aliphatic carboxylic acids is 1. The Labute approximate surface area is 209 Å². The predicted octanol–water partition coefficient (Wildman–Crippen LogP) is 5.72. The maximum absolute atomic E-state index is 10.7. The van der Waals surface area contributed by atoms with Crippen molar-refractivity contribution in [1.82, 2.24) is 0 Å². The predicted molar refractivity (Wildman–Crippen MR) is 137 cm³/mol. The first kappa shape index (κ1) is 25.8. The highest BCUT2D eigenvalue weighted by Gasteiger charge is 2.20. The third-order valence-electron chi connectivity index (χ3n) is 5.25. The normalized spacial score (nSPS) is 13.0. The number of aliphatic hydroxyl groups excluding tert-OH is 1. The number of carboxylic acid groups (broad SMARTS) is 1. The van der Waals surface area contributed by atoms with Crippen molar-refractivity contribution >= 4 is 29.3 Å². The molecule has 0 amide bonds. The number of halogens is 1. The van der Waals surface area contributed by atoms with Crippen LogP contribution in [-0.2, 0) is 17.8 Å². The molecule has 0 aliphatic carbocycles. The lowest BCUT2D eigenvalue weighted by atomic mass is 9.93. The number of aliphatic hydroxyl groups is 1. The SMILES string of the molecule is NC(C=CC(=O)O)(CO)CCCc1ccc(Sc2cccc(OCc3ccccc3)c2)cc1Cl. The van der Waals surface area contributed by atoms with Crippen LogP contribution in [0.5, 0.6) is 5.75 Å². The molecule has 3 rings (SSSR count). The molecule has 0 aliphatic heterocycles. The van der Waals surface area contributed by atoms with Gasteiger partial charge in [0.15, 0.2) is 0 Å². The van der Waals surface area contributed by atoms with Gasteiger partial charge in [-0.15, -0.1) is 0 Å². The molecule has 4 N–H and O–H groups in total. The molecule has 0 saturated heterocycles. The lowest BCUT2D eigenvalue weighted by Gasteiger charge is -2.23. The molecule has 0 bridgehead atoms. The maximum Gasteiger partial charge on any atom is 0.328 e. The summed E-state index contributed by atoms with van der Waals surface area (Å²) in [7, 11) is 0. The highest BCUT2D eigenvalue weighted by atomic mass is 35.5. The van der Waals surface area contributed by atoms with E-state index in [2.05, 4.69) is 0 Å². The van der Waals surface area contributed by atoms with Crippen LogP contribution in [0.2, 0.25) is 5.02 Å². The lowest BCUT2D eigenvalue weighted by molar-refractivity contribution is -0.131. The van der Waals surface area contributed by atoms with Crippen molar-refractivity contribution in [2.45, 2.75) is 41.2 Å². The van der Waals surface area contributed by atoms with E-state index in [9.17, 15) is 9.90 Å². The molecule has 3 aromatic carbocycles. The Bertz CT molecular complexity index is 1120. The molecule has 0 aliphatic rings. The number of carbonyl (C=O) groups is 1. The number of nitrogens with two attached hydrogens (primary N) is 1. The Balaban J connectivity index is 1.56. The van der Waals surface area contributed by atoms with E-state index in [1.54, 1.807) is 11.8 Å². The van der Waals surface area contributed by atoms with E-state index in [4.69, 9.17) is 27.2 Å². The lowest BCUT2D eigenvalue weighted by Crippen LogP contribution is -2.41. The second-order valence-electron chi connectivity index (χ2n) is 8.02. The van der Waals surface area contributed by atoms with Crippen molar-refractivity contribution in [3.63, 3.8) is 0 Å². The molecule has 0 spiro atoms. The summed E-state index contributed by atoms with van der Waals surface area (Å²) in [6.45, 7) is 0.191. The van der Waals surface area contributed by atoms with Crippen LogP contribution in [0.1, 0.15) is 24.0 Å². The average Bonchev–Trinajstić information content (AvgIpc) is 2.84. The summed E-state index contributed by atoms with van der Waals surface area (Å²) in [4.78, 5) is 12.8. The van der Waals surface area contributed by atoms with Crippen LogP contribution >= 0.6 is 23.4 Å². The fourth-order valence-corrected chi connectivity index (χ4v) is 4.61. The summed E-state index contributed by atoms with van der Waals surface area (Å²) in [6.07, 6.45) is 4.08. The molecule has 7 heteroatoms. The van der Waals surface area contributed by atoms with Gasteiger partial charge in [0.05, 0.1) is 12.1 Å².